The zero-order chi connectivity index (χ0) is 34.1. The van der Waals surface area contributed by atoms with Crippen molar-refractivity contribution in [2.24, 2.45) is 0 Å². The highest BCUT2D eigenvalue weighted by Gasteiger charge is 2.20. The number of aromatic nitrogens is 2. The highest BCUT2D eigenvalue weighted by Crippen LogP contribution is 2.40. The molecular formula is C47H29N3O. The first-order valence-electron chi connectivity index (χ1n) is 16.9. The number of benzene rings is 7. The first kappa shape index (κ1) is 30.0. The number of furan rings is 1. The molecule has 9 aromatic rings. The van der Waals surface area contributed by atoms with E-state index in [9.17, 15) is 0 Å². The second-order valence-corrected chi connectivity index (χ2v) is 12.5. The second kappa shape index (κ2) is 12.7. The van der Waals surface area contributed by atoms with Crippen LogP contribution in [0.25, 0.3) is 89.2 Å². The van der Waals surface area contributed by atoms with Gasteiger partial charge in [-0.15, -0.1) is 0 Å². The van der Waals surface area contributed by atoms with Crippen LogP contribution in [0.5, 0.6) is 0 Å². The molecule has 0 N–H and O–H groups in total. The molecule has 4 heteroatoms. The van der Waals surface area contributed by atoms with Crippen LogP contribution in [-0.4, -0.2) is 9.97 Å². The molecule has 0 atom stereocenters. The van der Waals surface area contributed by atoms with E-state index in [1.165, 1.54) is 0 Å². The van der Waals surface area contributed by atoms with Gasteiger partial charge < -0.3 is 4.42 Å². The summed E-state index contributed by atoms with van der Waals surface area (Å²) in [5, 5.41) is 11.3. The summed E-state index contributed by atoms with van der Waals surface area (Å²) in [6, 6.07) is 62.0. The van der Waals surface area contributed by atoms with Crippen LogP contribution < -0.4 is 0 Å². The summed E-state index contributed by atoms with van der Waals surface area (Å²) in [5.41, 5.74) is 14.0. The Morgan fingerprint density at radius 2 is 0.745 bits per heavy atom. The SMILES string of the molecule is N#Cc1ccc(-c2ccc(-c3ccc(-c4nc(-c5ccccc5)c(-c5ccccc5)nc4-c4ccc5oc6ccccc6c5c4)cc3)cc2)cc1. The zero-order valence-corrected chi connectivity index (χ0v) is 27.5. The van der Waals surface area contributed by atoms with Crippen LogP contribution in [-0.2, 0) is 0 Å². The number of hydrogen-bond acceptors (Lipinski definition) is 4. The Morgan fingerprint density at radius 1 is 0.353 bits per heavy atom. The fourth-order valence-corrected chi connectivity index (χ4v) is 6.72. The summed E-state index contributed by atoms with van der Waals surface area (Å²) in [7, 11) is 0. The predicted octanol–water partition coefficient (Wildman–Crippen LogP) is 12.2. The Kier molecular flexibility index (Phi) is 7.50. The Bertz CT molecular complexity index is 2710. The fourth-order valence-electron chi connectivity index (χ4n) is 6.72. The molecular weight excluding hydrogens is 623 g/mol. The van der Waals surface area contributed by atoms with E-state index in [1.54, 1.807) is 0 Å². The van der Waals surface area contributed by atoms with Crippen LogP contribution in [0.3, 0.4) is 0 Å². The molecule has 238 valence electrons. The van der Waals surface area contributed by atoms with Crippen molar-refractivity contribution in [3.8, 4) is 73.4 Å². The van der Waals surface area contributed by atoms with Gasteiger partial charge in [0, 0.05) is 33.0 Å². The maximum Gasteiger partial charge on any atom is 0.135 e. The third kappa shape index (κ3) is 5.63. The van der Waals surface area contributed by atoms with Crippen LogP contribution in [0.15, 0.2) is 180 Å². The Labute approximate surface area is 295 Å². The molecule has 51 heavy (non-hydrogen) atoms. The lowest BCUT2D eigenvalue weighted by Crippen LogP contribution is -2.01. The Morgan fingerprint density at radius 3 is 1.27 bits per heavy atom. The van der Waals surface area contributed by atoms with Gasteiger partial charge in [0.25, 0.3) is 0 Å². The molecule has 0 aliphatic heterocycles. The van der Waals surface area contributed by atoms with E-state index in [1.807, 2.05) is 84.9 Å². The quantitative estimate of drug-likeness (QED) is 0.179. The van der Waals surface area contributed by atoms with Gasteiger partial charge in [0.15, 0.2) is 0 Å². The maximum atomic E-state index is 9.16. The molecule has 0 fully saturated rings. The van der Waals surface area contributed by atoms with E-state index in [4.69, 9.17) is 19.6 Å². The minimum atomic E-state index is 0.657. The lowest BCUT2D eigenvalue weighted by molar-refractivity contribution is 0.669. The molecule has 2 heterocycles. The topological polar surface area (TPSA) is 62.7 Å². The molecule has 0 unspecified atom stereocenters. The van der Waals surface area contributed by atoms with Crippen molar-refractivity contribution >= 4 is 21.9 Å². The van der Waals surface area contributed by atoms with Gasteiger partial charge in [-0.1, -0.05) is 140 Å². The average Bonchev–Trinajstić information content (AvgIpc) is 3.59. The molecule has 0 saturated heterocycles. The summed E-state index contributed by atoms with van der Waals surface area (Å²) in [6.45, 7) is 0. The summed E-state index contributed by atoms with van der Waals surface area (Å²) < 4.78 is 6.18. The summed E-state index contributed by atoms with van der Waals surface area (Å²) in [4.78, 5) is 10.9. The molecule has 4 nitrogen and oxygen atoms in total. The number of hydrogen-bond donors (Lipinski definition) is 0. The first-order valence-corrected chi connectivity index (χ1v) is 16.9. The third-order valence-electron chi connectivity index (χ3n) is 9.36. The maximum absolute atomic E-state index is 9.16. The lowest BCUT2D eigenvalue weighted by Gasteiger charge is -2.16. The number of para-hydroxylation sites is 1. The van der Waals surface area contributed by atoms with Gasteiger partial charge in [-0.2, -0.15) is 5.26 Å². The molecule has 0 amide bonds. The van der Waals surface area contributed by atoms with E-state index >= 15 is 0 Å². The first-order chi connectivity index (χ1) is 25.2. The van der Waals surface area contributed by atoms with Gasteiger partial charge in [0.05, 0.1) is 34.4 Å². The van der Waals surface area contributed by atoms with Crippen molar-refractivity contribution in [2.75, 3.05) is 0 Å². The normalized spacial score (nSPS) is 11.1. The van der Waals surface area contributed by atoms with Crippen LogP contribution in [0.4, 0.5) is 0 Å². The van der Waals surface area contributed by atoms with E-state index in [2.05, 4.69) is 97.1 Å². The smallest absolute Gasteiger partial charge is 0.135 e. The highest BCUT2D eigenvalue weighted by molar-refractivity contribution is 6.06. The van der Waals surface area contributed by atoms with Gasteiger partial charge in [-0.05, 0) is 58.7 Å². The van der Waals surface area contributed by atoms with Crippen molar-refractivity contribution < 1.29 is 4.42 Å². The molecule has 9 rings (SSSR count). The average molecular weight is 652 g/mol. The van der Waals surface area contributed by atoms with Crippen molar-refractivity contribution in [1.82, 2.24) is 9.97 Å². The number of fused-ring (bicyclic) bond motifs is 3. The zero-order valence-electron chi connectivity index (χ0n) is 27.5. The van der Waals surface area contributed by atoms with Crippen molar-refractivity contribution in [2.45, 2.75) is 0 Å². The Hall–Kier alpha value is -7.09. The molecule has 0 radical (unpaired) electrons. The van der Waals surface area contributed by atoms with E-state index < -0.39 is 0 Å². The van der Waals surface area contributed by atoms with Crippen molar-refractivity contribution in [1.29, 1.82) is 5.26 Å². The number of rotatable bonds is 6. The lowest BCUT2D eigenvalue weighted by atomic mass is 9.96. The standard InChI is InChI=1S/C47H29N3O/c48-30-31-15-17-32(18-16-31)33-19-21-34(22-20-33)35-23-25-38(26-24-35)46-47(39-27-28-43-41(29-39)40-13-7-8-14-42(40)51-43)50-45(37-11-5-2-6-12-37)44(49-46)36-9-3-1-4-10-36/h1-29H. The summed E-state index contributed by atoms with van der Waals surface area (Å²) in [6.07, 6.45) is 0. The Balaban J connectivity index is 1.18. The van der Waals surface area contributed by atoms with Crippen molar-refractivity contribution in [3.63, 3.8) is 0 Å². The van der Waals surface area contributed by atoms with E-state index in [0.717, 1.165) is 89.2 Å². The van der Waals surface area contributed by atoms with Gasteiger partial charge >= 0.3 is 0 Å². The van der Waals surface area contributed by atoms with Crippen LogP contribution in [0.1, 0.15) is 5.56 Å². The summed E-state index contributed by atoms with van der Waals surface area (Å²) in [5.74, 6) is 0. The van der Waals surface area contributed by atoms with Gasteiger partial charge in [0.1, 0.15) is 11.2 Å². The van der Waals surface area contributed by atoms with Crippen LogP contribution >= 0.6 is 0 Å². The molecule has 2 aromatic heterocycles. The predicted molar refractivity (Wildman–Crippen MR) is 207 cm³/mol. The molecule has 0 aliphatic carbocycles. The van der Waals surface area contributed by atoms with Gasteiger partial charge in [-0.25, -0.2) is 9.97 Å². The third-order valence-corrected chi connectivity index (χ3v) is 9.36. The van der Waals surface area contributed by atoms with Crippen LogP contribution in [0, 0.1) is 11.3 Å². The number of nitriles is 1. The molecule has 7 aromatic carbocycles. The molecule has 0 spiro atoms. The fraction of sp³-hybridized carbons (Fsp3) is 0. The van der Waals surface area contributed by atoms with Crippen molar-refractivity contribution in [3.05, 3.63) is 181 Å². The highest BCUT2D eigenvalue weighted by atomic mass is 16.3. The molecule has 0 bridgehead atoms. The number of nitrogens with zero attached hydrogens (tertiary/aromatic N) is 3. The van der Waals surface area contributed by atoms with E-state index in [-0.39, 0.29) is 0 Å². The van der Waals surface area contributed by atoms with Gasteiger partial charge in [0.2, 0.25) is 0 Å². The van der Waals surface area contributed by atoms with E-state index in [0.29, 0.717) is 5.56 Å². The largest absolute Gasteiger partial charge is 0.456 e. The summed E-state index contributed by atoms with van der Waals surface area (Å²) >= 11 is 0. The van der Waals surface area contributed by atoms with Gasteiger partial charge in [-0.3, -0.25) is 0 Å². The van der Waals surface area contributed by atoms with Crippen LogP contribution in [0.2, 0.25) is 0 Å². The minimum Gasteiger partial charge on any atom is -0.456 e. The monoisotopic (exact) mass is 651 g/mol. The molecule has 0 saturated carbocycles. The second-order valence-electron chi connectivity index (χ2n) is 12.5. The minimum absolute atomic E-state index is 0.657. The molecule has 0 aliphatic rings.